The summed E-state index contributed by atoms with van der Waals surface area (Å²) in [4.78, 5) is 46.3. The highest BCUT2D eigenvalue weighted by molar-refractivity contribution is 7.90. The number of ether oxygens (including phenoxy) is 1. The summed E-state index contributed by atoms with van der Waals surface area (Å²) in [6.07, 6.45) is 1.49. The van der Waals surface area contributed by atoms with Crippen molar-refractivity contribution >= 4 is 50.4 Å². The summed E-state index contributed by atoms with van der Waals surface area (Å²) in [5, 5.41) is 31.1. The van der Waals surface area contributed by atoms with E-state index in [1.165, 1.54) is 31.4 Å². The zero-order chi connectivity index (χ0) is 30.2. The molecule has 0 bridgehead atoms. The Morgan fingerprint density at radius 2 is 1.46 bits per heavy atom. The second kappa shape index (κ2) is 13.2. The van der Waals surface area contributed by atoms with E-state index in [4.69, 9.17) is 4.74 Å². The van der Waals surface area contributed by atoms with Crippen LogP contribution in [0.5, 0.6) is 5.75 Å². The average Bonchev–Trinajstić information content (AvgIpc) is 2.93. The third-order valence-electron chi connectivity index (χ3n) is 5.58. The van der Waals surface area contributed by atoms with Gasteiger partial charge in [-0.15, -0.1) is 0 Å². The molecule has 216 valence electrons. The number of nitrogens with zero attached hydrogens (tertiary/aromatic N) is 2. The van der Waals surface area contributed by atoms with Crippen LogP contribution in [0.4, 0.5) is 33.2 Å². The van der Waals surface area contributed by atoms with Gasteiger partial charge in [0.15, 0.2) is 5.69 Å². The number of unbranched alkanes of at least 4 members (excludes halogenated alkanes) is 1. The van der Waals surface area contributed by atoms with Crippen molar-refractivity contribution in [3.8, 4) is 5.75 Å². The van der Waals surface area contributed by atoms with E-state index in [0.29, 0.717) is 24.4 Å². The summed E-state index contributed by atoms with van der Waals surface area (Å²) in [6, 6.07) is 11.7. The predicted molar refractivity (Wildman–Crippen MR) is 149 cm³/mol. The lowest BCUT2D eigenvalue weighted by atomic mass is 10.1. The minimum absolute atomic E-state index is 0.0899. The van der Waals surface area contributed by atoms with E-state index in [-0.39, 0.29) is 16.1 Å². The molecule has 0 saturated heterocycles. The number of benzene rings is 3. The minimum atomic E-state index is -4.20. The van der Waals surface area contributed by atoms with Gasteiger partial charge in [-0.3, -0.25) is 25.0 Å². The molecule has 0 fully saturated rings. The number of hydrogen-bond acceptors (Lipinski definition) is 10. The van der Waals surface area contributed by atoms with E-state index in [1.54, 1.807) is 12.1 Å². The average molecular weight is 587 g/mol. The summed E-state index contributed by atoms with van der Waals surface area (Å²) in [7, 11) is -2.75. The molecule has 4 N–H and O–H groups in total. The van der Waals surface area contributed by atoms with Crippen molar-refractivity contribution in [1.29, 1.82) is 0 Å². The zero-order valence-corrected chi connectivity index (χ0v) is 22.7. The molecule has 41 heavy (non-hydrogen) atoms. The molecule has 0 atom stereocenters. The number of nitro benzene ring substituents is 2. The van der Waals surface area contributed by atoms with Crippen LogP contribution < -0.4 is 25.4 Å². The van der Waals surface area contributed by atoms with Gasteiger partial charge in [0.1, 0.15) is 5.75 Å². The van der Waals surface area contributed by atoms with Gasteiger partial charge in [-0.2, -0.15) is 0 Å². The van der Waals surface area contributed by atoms with E-state index < -0.39 is 48.9 Å². The number of methoxy groups -OCH3 is 1. The quantitative estimate of drug-likeness (QED) is 0.134. The molecule has 0 radical (unpaired) electrons. The number of carbonyl (C=O) groups excluding carboxylic acids is 2. The Kier molecular flexibility index (Phi) is 9.76. The highest BCUT2D eigenvalue weighted by Crippen LogP contribution is 2.38. The molecule has 0 spiro atoms. The van der Waals surface area contributed by atoms with E-state index in [0.717, 1.165) is 30.7 Å². The number of hydrogen-bond donors (Lipinski definition) is 4. The van der Waals surface area contributed by atoms with Crippen molar-refractivity contribution in [3.63, 3.8) is 0 Å². The van der Waals surface area contributed by atoms with Gasteiger partial charge in [0.2, 0.25) is 0 Å². The van der Waals surface area contributed by atoms with Gasteiger partial charge in [-0.1, -0.05) is 13.3 Å². The molecule has 0 heterocycles. The molecule has 16 heteroatoms. The van der Waals surface area contributed by atoms with E-state index >= 15 is 0 Å². The van der Waals surface area contributed by atoms with Crippen LogP contribution in [-0.4, -0.2) is 43.9 Å². The van der Waals surface area contributed by atoms with Crippen LogP contribution in [0.15, 0.2) is 65.6 Å². The molecule has 15 nitrogen and oxygen atoms in total. The number of amides is 3. The molecule has 3 aromatic carbocycles. The van der Waals surface area contributed by atoms with E-state index in [2.05, 4.69) is 16.0 Å². The normalized spacial score (nSPS) is 10.8. The Bertz CT molecular complexity index is 1520. The highest BCUT2D eigenvalue weighted by atomic mass is 32.2. The zero-order valence-electron chi connectivity index (χ0n) is 21.9. The fourth-order valence-electron chi connectivity index (χ4n) is 3.49. The molecule has 0 aliphatic carbocycles. The third-order valence-corrected chi connectivity index (χ3v) is 6.92. The summed E-state index contributed by atoms with van der Waals surface area (Å²) in [5.41, 5.74) is -1.85. The topological polar surface area (TPSA) is 212 Å². The fraction of sp³-hybridized carbons (Fsp3) is 0.200. The number of nitro groups is 2. The second-order valence-corrected chi connectivity index (χ2v) is 10.1. The van der Waals surface area contributed by atoms with Gasteiger partial charge in [0, 0.05) is 30.1 Å². The Morgan fingerprint density at radius 1 is 0.902 bits per heavy atom. The van der Waals surface area contributed by atoms with Gasteiger partial charge in [0.25, 0.3) is 15.9 Å². The number of rotatable bonds is 12. The Morgan fingerprint density at radius 3 is 1.98 bits per heavy atom. The van der Waals surface area contributed by atoms with Crippen molar-refractivity contribution in [1.82, 2.24) is 10.0 Å². The molecule has 0 unspecified atom stereocenters. The third kappa shape index (κ3) is 7.89. The second-order valence-electron chi connectivity index (χ2n) is 8.45. The molecule has 3 rings (SSSR count). The fourth-order valence-corrected chi connectivity index (χ4v) is 4.42. The van der Waals surface area contributed by atoms with Gasteiger partial charge in [-0.05, 0) is 55.0 Å². The molecule has 0 saturated carbocycles. The summed E-state index contributed by atoms with van der Waals surface area (Å²) in [5.74, 6) is -0.419. The number of nitrogens with one attached hydrogen (secondary N) is 4. The van der Waals surface area contributed by atoms with Crippen molar-refractivity contribution in [2.45, 2.75) is 24.7 Å². The lowest BCUT2D eigenvalue weighted by Gasteiger charge is -2.11. The lowest BCUT2D eigenvalue weighted by Crippen LogP contribution is -2.39. The highest BCUT2D eigenvalue weighted by Gasteiger charge is 2.29. The number of sulfonamides is 1. The van der Waals surface area contributed by atoms with Gasteiger partial charge in [-0.25, -0.2) is 17.9 Å². The number of urea groups is 1. The molecule has 3 amide bonds. The Balaban J connectivity index is 1.82. The smallest absolute Gasteiger partial charge is 0.328 e. The van der Waals surface area contributed by atoms with E-state index in [9.17, 15) is 38.2 Å². The van der Waals surface area contributed by atoms with Gasteiger partial charge < -0.3 is 20.7 Å². The first kappa shape index (κ1) is 30.3. The maximum Gasteiger partial charge on any atom is 0.328 e. The van der Waals surface area contributed by atoms with Crippen LogP contribution >= 0.6 is 0 Å². The monoisotopic (exact) mass is 586 g/mol. The molecule has 0 aliphatic heterocycles. The predicted octanol–water partition coefficient (Wildman–Crippen LogP) is 4.30. The van der Waals surface area contributed by atoms with Crippen molar-refractivity contribution in [2.24, 2.45) is 0 Å². The Labute approximate surface area is 234 Å². The van der Waals surface area contributed by atoms with Crippen LogP contribution in [0, 0.1) is 20.2 Å². The maximum absolute atomic E-state index is 12.9. The van der Waals surface area contributed by atoms with Gasteiger partial charge >= 0.3 is 17.4 Å². The minimum Gasteiger partial charge on any atom is -0.497 e. The molecule has 0 aromatic heterocycles. The number of carbonyl (C=O) groups is 2. The molecular formula is C25H26N6O9S. The maximum atomic E-state index is 12.9. The Hall–Kier alpha value is -5.25. The van der Waals surface area contributed by atoms with Crippen molar-refractivity contribution < 1.29 is 32.6 Å². The van der Waals surface area contributed by atoms with Crippen molar-refractivity contribution in [3.05, 3.63) is 86.5 Å². The summed E-state index contributed by atoms with van der Waals surface area (Å²) < 4.78 is 31.8. The SMILES string of the molecule is CCCCNC(=O)NS(=O)(=O)c1ccc(NC(=O)c2cc([N+](=O)[O-])c(Nc3ccc(OC)cc3)c([N+](=O)[O-])c2)cc1. The van der Waals surface area contributed by atoms with Crippen molar-refractivity contribution in [2.75, 3.05) is 24.3 Å². The van der Waals surface area contributed by atoms with Crippen LogP contribution in [0.25, 0.3) is 0 Å². The number of anilines is 3. The first-order chi connectivity index (χ1) is 19.4. The van der Waals surface area contributed by atoms with Crippen LogP contribution in [-0.2, 0) is 10.0 Å². The van der Waals surface area contributed by atoms with Crippen LogP contribution in [0.1, 0.15) is 30.1 Å². The first-order valence-corrected chi connectivity index (χ1v) is 13.5. The lowest BCUT2D eigenvalue weighted by molar-refractivity contribution is -0.392. The van der Waals surface area contributed by atoms with Gasteiger partial charge in [0.05, 0.1) is 27.4 Å². The van der Waals surface area contributed by atoms with E-state index in [1.807, 2.05) is 11.6 Å². The van der Waals surface area contributed by atoms with Crippen LogP contribution in [0.3, 0.4) is 0 Å². The van der Waals surface area contributed by atoms with Crippen LogP contribution in [0.2, 0.25) is 0 Å². The molecular weight excluding hydrogens is 560 g/mol. The summed E-state index contributed by atoms with van der Waals surface area (Å²) in [6.45, 7) is 2.22. The molecule has 3 aromatic rings. The standard InChI is InChI=1S/C25H26N6O9S/c1-3-4-13-26-25(33)29-41(38,39)20-11-7-18(8-12-20)28-24(32)16-14-21(30(34)35)23(22(15-16)31(36)37)27-17-5-9-19(40-2)10-6-17/h5-12,14-15,27H,3-4,13H2,1-2H3,(H,28,32)(H2,26,29,33). The summed E-state index contributed by atoms with van der Waals surface area (Å²) >= 11 is 0. The largest absolute Gasteiger partial charge is 0.497 e. The molecule has 0 aliphatic rings. The first-order valence-electron chi connectivity index (χ1n) is 12.0.